The van der Waals surface area contributed by atoms with Crippen molar-refractivity contribution < 1.29 is 51.1 Å². The zero-order chi connectivity index (χ0) is 53.0. The molecule has 1 heterocycles. The molecule has 1 aliphatic carbocycles. The summed E-state index contributed by atoms with van der Waals surface area (Å²) in [5.41, 5.74) is -10.6. The Bertz CT molecular complexity index is 2750. The van der Waals surface area contributed by atoms with Crippen molar-refractivity contribution in [2.75, 3.05) is 26.0 Å². The maximum absolute atomic E-state index is 15.0. The van der Waals surface area contributed by atoms with E-state index in [1.54, 1.807) is 0 Å². The number of aromatic nitrogens is 2. The zero-order valence-electron chi connectivity index (χ0n) is 46.6. The Hall–Kier alpha value is -3.96. The van der Waals surface area contributed by atoms with Crippen LogP contribution in [-0.4, -0.2) is 51.2 Å². The maximum Gasteiger partial charge on any atom is 0.416 e. The van der Waals surface area contributed by atoms with Crippen LogP contribution in [0.15, 0.2) is 76.4 Å². The van der Waals surface area contributed by atoms with E-state index >= 15 is 0 Å². The van der Waals surface area contributed by atoms with Gasteiger partial charge < -0.3 is 14.4 Å². The Kier molecular flexibility index (Phi) is 5.53. The summed E-state index contributed by atoms with van der Waals surface area (Å²) >= 11 is -0.0515. The number of benzene rings is 3. The highest BCUT2D eigenvalue weighted by molar-refractivity contribution is 7.98. The van der Waals surface area contributed by atoms with E-state index in [9.17, 15) is 29.9 Å². The fourth-order valence-electron chi connectivity index (χ4n) is 4.63. The van der Waals surface area contributed by atoms with Gasteiger partial charge in [0.25, 0.3) is 5.56 Å². The number of rotatable bonds is 13. The molecule has 3 aromatic carbocycles. The predicted molar refractivity (Wildman–Crippen MR) is 181 cm³/mol. The summed E-state index contributed by atoms with van der Waals surface area (Å²) in [6, 6.07) is -13.4. The van der Waals surface area contributed by atoms with Gasteiger partial charge in [0.05, 0.1) is 23.4 Å². The second kappa shape index (κ2) is 15.5. The molecule has 1 amide bonds. The van der Waals surface area contributed by atoms with Crippen LogP contribution >= 0.6 is 11.8 Å². The predicted octanol–water partition coefficient (Wildman–Crippen LogP) is 7.53. The smallest absolute Gasteiger partial charge is 0.336 e. The molecule has 0 unspecified atom stereocenters. The lowest BCUT2D eigenvalue weighted by atomic mass is 9.98. The molecule has 0 aliphatic heterocycles. The van der Waals surface area contributed by atoms with E-state index in [1.807, 2.05) is 0 Å². The van der Waals surface area contributed by atoms with Crippen molar-refractivity contribution in [1.82, 2.24) is 19.4 Å². The molecular weight excluding hydrogens is 640 g/mol. The van der Waals surface area contributed by atoms with Gasteiger partial charge in [-0.15, -0.1) is 0 Å². The number of carbonyl (C=O) groups excluding carboxylic acids is 1. The summed E-state index contributed by atoms with van der Waals surface area (Å²) in [6.07, 6.45) is -5.01. The number of hydrogen-bond acceptors (Lipinski definition) is 5. The summed E-state index contributed by atoms with van der Waals surface area (Å²) < 4.78 is 237. The molecule has 0 N–H and O–H groups in total. The molecule has 1 aliphatic rings. The fraction of sp³-hybridized carbons (Fsp3) is 0.378. The molecule has 0 bridgehead atoms. The van der Waals surface area contributed by atoms with E-state index in [-0.39, 0.29) is 52.1 Å². The van der Waals surface area contributed by atoms with Gasteiger partial charge in [-0.05, 0) is 85.1 Å². The number of fused-ring (bicyclic) bond motifs is 1. The monoisotopic (exact) mass is 701 g/mol. The third-order valence-corrected chi connectivity index (χ3v) is 7.70. The van der Waals surface area contributed by atoms with Gasteiger partial charge in [0, 0.05) is 47.5 Å². The fourth-order valence-corrected chi connectivity index (χ4v) is 5.33. The van der Waals surface area contributed by atoms with Crippen molar-refractivity contribution in [3.63, 3.8) is 0 Å². The minimum absolute atomic E-state index is 0.0214. The number of carbonyl (C=O) groups is 1. The highest BCUT2D eigenvalue weighted by Crippen LogP contribution is 2.34. The molecule has 1 aromatic heterocycles. The molecule has 0 atom stereocenters. The quantitative estimate of drug-likeness (QED) is 0.0820. The van der Waals surface area contributed by atoms with Crippen LogP contribution in [0.3, 0.4) is 0 Å². The molecule has 0 saturated carbocycles. The second-order valence-corrected chi connectivity index (χ2v) is 10.8. The van der Waals surface area contributed by atoms with E-state index in [0.717, 1.165) is 11.5 Å². The Morgan fingerprint density at radius 2 is 1.65 bits per heavy atom. The van der Waals surface area contributed by atoms with Crippen molar-refractivity contribution >= 4 is 17.7 Å². The van der Waals surface area contributed by atoms with Gasteiger partial charge in [-0.3, -0.25) is 9.59 Å². The van der Waals surface area contributed by atoms with E-state index in [4.69, 9.17) is 26.0 Å². The summed E-state index contributed by atoms with van der Waals surface area (Å²) in [6.45, 7) is -14.8. The minimum atomic E-state index is -5.23. The van der Waals surface area contributed by atoms with E-state index in [1.165, 1.54) is 0 Å². The first-order valence-corrected chi connectivity index (χ1v) is 14.9. The van der Waals surface area contributed by atoms with Gasteiger partial charge >= 0.3 is 6.18 Å². The van der Waals surface area contributed by atoms with Crippen molar-refractivity contribution in [1.29, 1.82) is 0 Å². The number of halogens is 4. The molecule has 6 nitrogen and oxygen atoms in total. The number of hydrogen-bond donors (Lipinski definition) is 0. The van der Waals surface area contributed by atoms with Crippen LogP contribution < -0.4 is 5.56 Å². The number of amides is 1. The van der Waals surface area contributed by atoms with Crippen LogP contribution in [0, 0.1) is 12.7 Å². The van der Waals surface area contributed by atoms with Crippen molar-refractivity contribution in [2.45, 2.75) is 70.2 Å². The van der Waals surface area contributed by atoms with Gasteiger partial charge in [-0.1, -0.05) is 73.9 Å². The average Bonchev–Trinajstić information content (AvgIpc) is 3.69. The van der Waals surface area contributed by atoms with Crippen molar-refractivity contribution in [3.8, 4) is 11.1 Å². The van der Waals surface area contributed by atoms with Crippen molar-refractivity contribution in [3.05, 3.63) is 116 Å². The molecule has 0 radical (unpaired) electrons. The topological polar surface area (TPSA) is 58.4 Å². The molecule has 0 spiro atoms. The van der Waals surface area contributed by atoms with Crippen molar-refractivity contribution in [2.24, 2.45) is 0 Å². The summed E-state index contributed by atoms with van der Waals surface area (Å²) in [7, 11) is 0. The molecule has 4 aromatic rings. The van der Waals surface area contributed by atoms with Crippen LogP contribution in [0.4, 0.5) is 17.6 Å². The third kappa shape index (κ3) is 8.54. The van der Waals surface area contributed by atoms with Crippen LogP contribution in [0.5, 0.6) is 0 Å². The highest BCUT2D eigenvalue weighted by atomic mass is 32.2. The van der Waals surface area contributed by atoms with Gasteiger partial charge in [0.1, 0.15) is 12.4 Å². The molecule has 11 heteroatoms. The zero-order valence-corrected chi connectivity index (χ0v) is 26.4. The van der Waals surface area contributed by atoms with Gasteiger partial charge in [0.2, 0.25) is 5.91 Å². The molecule has 254 valence electrons. The third-order valence-electron chi connectivity index (χ3n) is 6.90. The Morgan fingerprint density at radius 3 is 2.31 bits per heavy atom. The molecular formula is C37H40F4N4O2S. The summed E-state index contributed by atoms with van der Waals surface area (Å²) in [4.78, 5) is 31.9. The van der Waals surface area contributed by atoms with Gasteiger partial charge in [-0.25, -0.2) is 4.39 Å². The minimum Gasteiger partial charge on any atom is -0.336 e. The summed E-state index contributed by atoms with van der Waals surface area (Å²) in [5.74, 6) is -3.23. The molecule has 0 saturated heterocycles. The SMILES string of the molecule is [2H]c1c([2H])c(C([2H])([2H])Sc2nc(=O)c3c(n2CC(=O)N(Cc2c([2H])c([2H])c(-c4c([2H])c([2H])c(C(F)(F)F)c(C)c4[2H])c([2H])c2[2H])C([2H])([2H])C([2H])([2H])N(C([2H])([2H])C)C([2H])([2H])C)CCC3)c([2H])c([2H])c1F. The van der Waals surface area contributed by atoms with Crippen LogP contribution in [-0.2, 0) is 42.6 Å². The Labute approximate surface area is 312 Å². The lowest BCUT2D eigenvalue weighted by Gasteiger charge is -2.28. The van der Waals surface area contributed by atoms with E-state index in [2.05, 4.69) is 4.98 Å². The first-order chi connectivity index (χ1) is 31.2. The standard InChI is InChI=1S/C37H40F4N4O2S/c1-4-43(5-2)19-20-44(22-26-9-13-28(14-10-26)29-15-18-32(25(3)21-29)37(39,40)41)34(46)23-45-33-8-6-7-31(33)35(47)42-36(45)48-24-27-11-16-30(38)17-12-27/h9-18,21H,4-8,19-20,22-24H2,1-3H3/i4D2,5D2,9D,10D,11D,12D,13D,14D,15D,16D,17D,18D,19D2,20D2,21D,24D2. The molecule has 5 rings (SSSR count). The van der Waals surface area contributed by atoms with E-state index in [0.29, 0.717) is 13.8 Å². The number of alkyl halides is 3. The number of nitrogens with zero attached hydrogens (tertiary/aromatic N) is 4. The molecule has 0 fully saturated rings. The highest BCUT2D eigenvalue weighted by Gasteiger charge is 2.32. The van der Waals surface area contributed by atoms with E-state index < -0.39 is 173 Å². The van der Waals surface area contributed by atoms with Crippen LogP contribution in [0.25, 0.3) is 11.1 Å². The van der Waals surface area contributed by atoms with Crippen LogP contribution in [0.2, 0.25) is 0 Å². The normalized spacial score (nSPS) is 20.6. The first kappa shape index (κ1) is 17.1. The Balaban J connectivity index is 1.78. The maximum atomic E-state index is 15.0. The lowest BCUT2D eigenvalue weighted by Crippen LogP contribution is -2.40. The van der Waals surface area contributed by atoms with Gasteiger partial charge in [0.15, 0.2) is 5.16 Å². The Morgan fingerprint density at radius 1 is 0.979 bits per heavy atom. The number of thioether (sulfide) groups is 1. The second-order valence-electron chi connectivity index (χ2n) is 10.0. The lowest BCUT2D eigenvalue weighted by molar-refractivity contribution is -0.138. The van der Waals surface area contributed by atoms with Gasteiger partial charge in [-0.2, -0.15) is 18.2 Å². The largest absolute Gasteiger partial charge is 0.416 e. The number of likely N-dealkylation sites (N-methyl/N-ethyl adjacent to an activating group) is 1. The summed E-state index contributed by atoms with van der Waals surface area (Å²) in [5, 5.41) is -0.730. The first-order valence-electron chi connectivity index (χ1n) is 24.6. The molecule has 48 heavy (non-hydrogen) atoms. The van der Waals surface area contributed by atoms with Crippen LogP contribution in [0.1, 0.15) is 82.6 Å². The average molecular weight is 702 g/mol.